The summed E-state index contributed by atoms with van der Waals surface area (Å²) in [6.07, 6.45) is 1.78. The molecule has 0 unspecified atom stereocenters. The second-order valence-corrected chi connectivity index (χ2v) is 5.18. The molecule has 1 aromatic heterocycles. The standard InChI is InChI=1S/C12H16ClN3O3/c1-5-12(2,3)15(4)11(17)9-6-8(16(18)19)7-14-10(9)13/h6-7H,5H2,1-4H3. The smallest absolute Gasteiger partial charge is 0.288 e. The van der Waals surface area contributed by atoms with E-state index in [1.165, 1.54) is 4.90 Å². The second-order valence-electron chi connectivity index (χ2n) is 4.82. The van der Waals surface area contributed by atoms with Crippen molar-refractivity contribution in [2.75, 3.05) is 7.05 Å². The topological polar surface area (TPSA) is 76.3 Å². The summed E-state index contributed by atoms with van der Waals surface area (Å²) in [5, 5.41) is 10.7. The molecule has 0 atom stereocenters. The number of halogens is 1. The van der Waals surface area contributed by atoms with E-state index >= 15 is 0 Å². The Morgan fingerprint density at radius 1 is 1.58 bits per heavy atom. The zero-order valence-corrected chi connectivity index (χ0v) is 12.1. The summed E-state index contributed by atoms with van der Waals surface area (Å²) in [6.45, 7) is 5.77. The summed E-state index contributed by atoms with van der Waals surface area (Å²) in [7, 11) is 1.64. The fourth-order valence-electron chi connectivity index (χ4n) is 1.38. The van der Waals surface area contributed by atoms with E-state index in [1.807, 2.05) is 20.8 Å². The molecule has 6 nitrogen and oxygen atoms in total. The molecule has 1 rings (SSSR count). The molecule has 1 amide bonds. The third-order valence-electron chi connectivity index (χ3n) is 3.34. The minimum atomic E-state index is -0.606. The van der Waals surface area contributed by atoms with E-state index in [0.717, 1.165) is 18.7 Å². The number of pyridine rings is 1. The van der Waals surface area contributed by atoms with Gasteiger partial charge in [-0.2, -0.15) is 0 Å². The number of carbonyl (C=O) groups is 1. The van der Waals surface area contributed by atoms with Crippen molar-refractivity contribution in [3.63, 3.8) is 0 Å². The lowest BCUT2D eigenvalue weighted by atomic mass is 9.99. The van der Waals surface area contributed by atoms with Crippen molar-refractivity contribution >= 4 is 23.2 Å². The Morgan fingerprint density at radius 3 is 2.63 bits per heavy atom. The van der Waals surface area contributed by atoms with Crippen LogP contribution in [-0.4, -0.2) is 33.3 Å². The third kappa shape index (κ3) is 3.20. The normalized spacial score (nSPS) is 11.2. The molecular weight excluding hydrogens is 270 g/mol. The molecule has 0 saturated heterocycles. The van der Waals surface area contributed by atoms with E-state index in [2.05, 4.69) is 4.98 Å². The highest BCUT2D eigenvalue weighted by Crippen LogP contribution is 2.24. The molecule has 0 aromatic carbocycles. The summed E-state index contributed by atoms with van der Waals surface area (Å²) in [6, 6.07) is 1.15. The molecule has 0 aliphatic heterocycles. The molecule has 0 radical (unpaired) electrons. The quantitative estimate of drug-likeness (QED) is 0.484. The van der Waals surface area contributed by atoms with E-state index < -0.39 is 4.92 Å². The highest BCUT2D eigenvalue weighted by molar-refractivity contribution is 6.32. The Labute approximate surface area is 116 Å². The van der Waals surface area contributed by atoms with Gasteiger partial charge in [0, 0.05) is 18.7 Å². The molecule has 0 fully saturated rings. The molecular formula is C12H16ClN3O3. The number of nitrogens with zero attached hydrogens (tertiary/aromatic N) is 3. The van der Waals surface area contributed by atoms with Gasteiger partial charge < -0.3 is 4.90 Å². The first-order valence-electron chi connectivity index (χ1n) is 5.78. The Kier molecular flexibility index (Phi) is 4.47. The monoisotopic (exact) mass is 285 g/mol. The van der Waals surface area contributed by atoms with Crippen molar-refractivity contribution in [1.82, 2.24) is 9.88 Å². The van der Waals surface area contributed by atoms with Gasteiger partial charge in [-0.05, 0) is 20.3 Å². The first-order valence-corrected chi connectivity index (χ1v) is 6.16. The van der Waals surface area contributed by atoms with E-state index in [4.69, 9.17) is 11.6 Å². The molecule has 19 heavy (non-hydrogen) atoms. The second kappa shape index (κ2) is 5.52. The number of rotatable bonds is 4. The van der Waals surface area contributed by atoms with Crippen LogP contribution < -0.4 is 0 Å². The molecule has 104 valence electrons. The average Bonchev–Trinajstić information content (AvgIpc) is 2.37. The van der Waals surface area contributed by atoms with Crippen LogP contribution in [0, 0.1) is 10.1 Å². The maximum absolute atomic E-state index is 12.3. The van der Waals surface area contributed by atoms with Crippen molar-refractivity contribution in [2.24, 2.45) is 0 Å². The van der Waals surface area contributed by atoms with Crippen LogP contribution in [0.3, 0.4) is 0 Å². The van der Waals surface area contributed by atoms with Crippen LogP contribution in [0.4, 0.5) is 5.69 Å². The van der Waals surface area contributed by atoms with E-state index in [9.17, 15) is 14.9 Å². The minimum Gasteiger partial charge on any atom is -0.337 e. The summed E-state index contributed by atoms with van der Waals surface area (Å²) < 4.78 is 0. The minimum absolute atomic E-state index is 0.0330. The van der Waals surface area contributed by atoms with Gasteiger partial charge >= 0.3 is 0 Å². The van der Waals surface area contributed by atoms with Crippen LogP contribution in [0.1, 0.15) is 37.6 Å². The van der Waals surface area contributed by atoms with Crippen molar-refractivity contribution in [2.45, 2.75) is 32.7 Å². The van der Waals surface area contributed by atoms with Gasteiger partial charge in [0.25, 0.3) is 11.6 Å². The number of hydrogen-bond donors (Lipinski definition) is 0. The lowest BCUT2D eigenvalue weighted by Crippen LogP contribution is -2.44. The summed E-state index contributed by atoms with van der Waals surface area (Å²) in [5.74, 6) is -0.381. The van der Waals surface area contributed by atoms with Gasteiger partial charge in [-0.15, -0.1) is 0 Å². The van der Waals surface area contributed by atoms with Crippen LogP contribution in [0.25, 0.3) is 0 Å². The fourth-order valence-corrected chi connectivity index (χ4v) is 1.56. The maximum atomic E-state index is 12.3. The number of amides is 1. The van der Waals surface area contributed by atoms with Gasteiger partial charge in [0.1, 0.15) is 11.3 Å². The zero-order valence-electron chi connectivity index (χ0n) is 11.3. The number of carbonyl (C=O) groups excluding carboxylic acids is 1. The van der Waals surface area contributed by atoms with E-state index in [0.29, 0.717) is 0 Å². The molecule has 0 spiro atoms. The van der Waals surface area contributed by atoms with Crippen molar-refractivity contribution in [3.05, 3.63) is 33.1 Å². The van der Waals surface area contributed by atoms with Gasteiger partial charge in [-0.3, -0.25) is 14.9 Å². The van der Waals surface area contributed by atoms with Crippen LogP contribution in [0.2, 0.25) is 5.15 Å². The van der Waals surface area contributed by atoms with E-state index in [-0.39, 0.29) is 27.9 Å². The maximum Gasteiger partial charge on any atom is 0.288 e. The Hall–Kier alpha value is -1.69. The molecule has 1 heterocycles. The lowest BCUT2D eigenvalue weighted by molar-refractivity contribution is -0.385. The molecule has 0 N–H and O–H groups in total. The van der Waals surface area contributed by atoms with Crippen molar-refractivity contribution in [1.29, 1.82) is 0 Å². The first-order chi connectivity index (χ1) is 8.70. The Morgan fingerprint density at radius 2 is 2.16 bits per heavy atom. The van der Waals surface area contributed by atoms with Gasteiger partial charge in [-0.1, -0.05) is 18.5 Å². The SMILES string of the molecule is CCC(C)(C)N(C)C(=O)c1cc([N+](=O)[O-])cnc1Cl. The van der Waals surface area contributed by atoms with Crippen LogP contribution >= 0.6 is 11.6 Å². The predicted octanol–water partition coefficient (Wildman–Crippen LogP) is 2.90. The number of hydrogen-bond acceptors (Lipinski definition) is 4. The summed E-state index contributed by atoms with van der Waals surface area (Å²) in [4.78, 5) is 27.6. The summed E-state index contributed by atoms with van der Waals surface area (Å²) in [5.41, 5.74) is -0.583. The third-order valence-corrected chi connectivity index (χ3v) is 3.64. The molecule has 7 heteroatoms. The highest BCUT2D eigenvalue weighted by atomic mass is 35.5. The van der Waals surface area contributed by atoms with Crippen LogP contribution in [0.5, 0.6) is 0 Å². The molecule has 0 bridgehead atoms. The number of nitro groups is 1. The average molecular weight is 286 g/mol. The molecule has 0 aliphatic rings. The Balaban J connectivity index is 3.19. The van der Waals surface area contributed by atoms with Gasteiger partial charge in [0.05, 0.1) is 10.5 Å². The predicted molar refractivity (Wildman–Crippen MR) is 72.4 cm³/mol. The van der Waals surface area contributed by atoms with Crippen molar-refractivity contribution in [3.8, 4) is 0 Å². The molecule has 1 aromatic rings. The van der Waals surface area contributed by atoms with Crippen molar-refractivity contribution < 1.29 is 9.72 Å². The van der Waals surface area contributed by atoms with Crippen LogP contribution in [0.15, 0.2) is 12.3 Å². The molecule has 0 aliphatic carbocycles. The Bertz CT molecular complexity index is 517. The summed E-state index contributed by atoms with van der Waals surface area (Å²) >= 11 is 5.85. The zero-order chi connectivity index (χ0) is 14.8. The van der Waals surface area contributed by atoms with Gasteiger partial charge in [-0.25, -0.2) is 4.98 Å². The first kappa shape index (κ1) is 15.4. The van der Waals surface area contributed by atoms with E-state index in [1.54, 1.807) is 7.05 Å². The van der Waals surface area contributed by atoms with Gasteiger partial charge in [0.2, 0.25) is 0 Å². The molecule has 0 saturated carbocycles. The lowest BCUT2D eigenvalue weighted by Gasteiger charge is -2.34. The fraction of sp³-hybridized carbons (Fsp3) is 0.500. The largest absolute Gasteiger partial charge is 0.337 e. The number of aromatic nitrogens is 1. The highest BCUT2D eigenvalue weighted by Gasteiger charge is 2.29. The van der Waals surface area contributed by atoms with Gasteiger partial charge in [0.15, 0.2) is 0 Å². The van der Waals surface area contributed by atoms with Crippen LogP contribution in [-0.2, 0) is 0 Å².